The van der Waals surface area contributed by atoms with Gasteiger partial charge in [0.15, 0.2) is 0 Å². The molecule has 1 rings (SSSR count). The number of hydrogen-bond donors (Lipinski definition) is 1. The molecular formula is C10H21NO. The molecular weight excluding hydrogens is 150 g/mol. The molecule has 72 valence electrons. The molecule has 1 atom stereocenters. The molecule has 0 amide bonds. The molecule has 2 N–H and O–H groups in total. The molecule has 0 aromatic heterocycles. The quantitative estimate of drug-likeness (QED) is 0.701. The van der Waals surface area contributed by atoms with E-state index in [1.807, 2.05) is 6.92 Å². The lowest BCUT2D eigenvalue weighted by Gasteiger charge is -2.21. The van der Waals surface area contributed by atoms with Gasteiger partial charge in [-0.15, -0.1) is 0 Å². The first-order chi connectivity index (χ1) is 5.79. The van der Waals surface area contributed by atoms with Gasteiger partial charge in [-0.05, 0) is 25.7 Å². The fourth-order valence-electron chi connectivity index (χ4n) is 1.77. The minimum atomic E-state index is 0.189. The molecule has 2 heteroatoms. The van der Waals surface area contributed by atoms with E-state index in [-0.39, 0.29) is 6.04 Å². The average Bonchev–Trinajstić information content (AvgIpc) is 2.05. The van der Waals surface area contributed by atoms with Gasteiger partial charge in [0, 0.05) is 12.6 Å². The van der Waals surface area contributed by atoms with Crippen molar-refractivity contribution in [2.75, 3.05) is 13.2 Å². The minimum absolute atomic E-state index is 0.189. The van der Waals surface area contributed by atoms with Gasteiger partial charge in [0.25, 0.3) is 0 Å². The normalized spacial score (nSPS) is 22.5. The molecule has 1 aliphatic carbocycles. The van der Waals surface area contributed by atoms with Gasteiger partial charge in [0.2, 0.25) is 0 Å². The number of nitrogens with two attached hydrogens (primary N) is 1. The molecule has 1 aliphatic rings. The lowest BCUT2D eigenvalue weighted by Crippen LogP contribution is -2.24. The van der Waals surface area contributed by atoms with E-state index in [1.54, 1.807) is 0 Å². The van der Waals surface area contributed by atoms with Crippen LogP contribution < -0.4 is 5.73 Å². The van der Waals surface area contributed by atoms with E-state index in [0.717, 1.165) is 19.1 Å². The third-order valence-corrected chi connectivity index (χ3v) is 2.46. The lowest BCUT2D eigenvalue weighted by atomic mass is 9.90. The van der Waals surface area contributed by atoms with Crippen molar-refractivity contribution < 1.29 is 4.74 Å². The van der Waals surface area contributed by atoms with E-state index in [2.05, 4.69) is 0 Å². The summed E-state index contributed by atoms with van der Waals surface area (Å²) in [5.41, 5.74) is 5.58. The zero-order valence-corrected chi connectivity index (χ0v) is 8.09. The van der Waals surface area contributed by atoms with Crippen molar-refractivity contribution in [3.05, 3.63) is 0 Å². The first-order valence-electron chi connectivity index (χ1n) is 5.12. The van der Waals surface area contributed by atoms with Gasteiger partial charge < -0.3 is 10.5 Å². The third kappa shape index (κ3) is 4.07. The van der Waals surface area contributed by atoms with Crippen molar-refractivity contribution in [2.45, 2.75) is 45.1 Å². The van der Waals surface area contributed by atoms with Gasteiger partial charge in [-0.25, -0.2) is 0 Å². The van der Waals surface area contributed by atoms with Crippen LogP contribution in [0.15, 0.2) is 0 Å². The van der Waals surface area contributed by atoms with Gasteiger partial charge in [-0.1, -0.05) is 19.3 Å². The predicted molar refractivity (Wildman–Crippen MR) is 51.0 cm³/mol. The van der Waals surface area contributed by atoms with E-state index in [1.165, 1.54) is 32.1 Å². The molecule has 0 unspecified atom stereocenters. The van der Waals surface area contributed by atoms with Crippen LogP contribution in [0.1, 0.15) is 39.0 Å². The SMILES string of the molecule is C[C@H](N)COCC1CCCCC1. The van der Waals surface area contributed by atoms with E-state index in [4.69, 9.17) is 10.5 Å². The van der Waals surface area contributed by atoms with E-state index >= 15 is 0 Å². The van der Waals surface area contributed by atoms with Crippen molar-refractivity contribution in [2.24, 2.45) is 11.7 Å². The highest BCUT2D eigenvalue weighted by molar-refractivity contribution is 4.65. The summed E-state index contributed by atoms with van der Waals surface area (Å²) in [4.78, 5) is 0. The van der Waals surface area contributed by atoms with Gasteiger partial charge in [-0.3, -0.25) is 0 Å². The van der Waals surface area contributed by atoms with Crippen LogP contribution in [0.2, 0.25) is 0 Å². The molecule has 0 saturated heterocycles. The Morgan fingerprint density at radius 2 is 2.00 bits per heavy atom. The number of ether oxygens (including phenoxy) is 1. The molecule has 1 fully saturated rings. The largest absolute Gasteiger partial charge is 0.380 e. The summed E-state index contributed by atoms with van der Waals surface area (Å²) < 4.78 is 5.51. The summed E-state index contributed by atoms with van der Waals surface area (Å²) in [6, 6.07) is 0.189. The number of rotatable bonds is 4. The predicted octanol–water partition coefficient (Wildman–Crippen LogP) is 1.93. The first-order valence-corrected chi connectivity index (χ1v) is 5.12. The first kappa shape index (κ1) is 10.0. The molecule has 0 aromatic carbocycles. The molecule has 12 heavy (non-hydrogen) atoms. The highest BCUT2D eigenvalue weighted by Gasteiger charge is 2.13. The molecule has 0 heterocycles. The molecule has 0 aliphatic heterocycles. The topological polar surface area (TPSA) is 35.2 Å². The Hall–Kier alpha value is -0.0800. The molecule has 2 nitrogen and oxygen atoms in total. The summed E-state index contributed by atoms with van der Waals surface area (Å²) in [6.45, 7) is 3.64. The van der Waals surface area contributed by atoms with Crippen LogP contribution in [0.25, 0.3) is 0 Å². The highest BCUT2D eigenvalue weighted by Crippen LogP contribution is 2.23. The summed E-state index contributed by atoms with van der Waals surface area (Å²) in [5, 5.41) is 0. The van der Waals surface area contributed by atoms with Crippen molar-refractivity contribution in [3.8, 4) is 0 Å². The average molecular weight is 171 g/mol. The fourth-order valence-corrected chi connectivity index (χ4v) is 1.77. The smallest absolute Gasteiger partial charge is 0.0614 e. The van der Waals surface area contributed by atoms with Crippen molar-refractivity contribution in [1.82, 2.24) is 0 Å². The monoisotopic (exact) mass is 171 g/mol. The van der Waals surface area contributed by atoms with Gasteiger partial charge in [0.1, 0.15) is 0 Å². The van der Waals surface area contributed by atoms with E-state index < -0.39 is 0 Å². The molecule has 0 radical (unpaired) electrons. The Kier molecular flexibility index (Phi) is 4.62. The zero-order valence-electron chi connectivity index (χ0n) is 8.09. The highest BCUT2D eigenvalue weighted by atomic mass is 16.5. The van der Waals surface area contributed by atoms with E-state index in [0.29, 0.717) is 0 Å². The maximum absolute atomic E-state index is 5.58. The van der Waals surface area contributed by atoms with Crippen molar-refractivity contribution in [3.63, 3.8) is 0 Å². The van der Waals surface area contributed by atoms with Crippen LogP contribution in [0.4, 0.5) is 0 Å². The van der Waals surface area contributed by atoms with Gasteiger partial charge in [0.05, 0.1) is 6.61 Å². The summed E-state index contributed by atoms with van der Waals surface area (Å²) in [5.74, 6) is 0.817. The van der Waals surface area contributed by atoms with Crippen LogP contribution >= 0.6 is 0 Å². The Morgan fingerprint density at radius 3 is 2.58 bits per heavy atom. The lowest BCUT2D eigenvalue weighted by molar-refractivity contribution is 0.0785. The molecule has 1 saturated carbocycles. The maximum Gasteiger partial charge on any atom is 0.0614 e. The Bertz CT molecular complexity index is 108. The second kappa shape index (κ2) is 5.55. The Labute approximate surface area is 75.5 Å². The van der Waals surface area contributed by atoms with Crippen molar-refractivity contribution >= 4 is 0 Å². The maximum atomic E-state index is 5.58. The van der Waals surface area contributed by atoms with Crippen LogP contribution in [0, 0.1) is 5.92 Å². The summed E-state index contributed by atoms with van der Waals surface area (Å²) in [7, 11) is 0. The van der Waals surface area contributed by atoms with Crippen molar-refractivity contribution in [1.29, 1.82) is 0 Å². The van der Waals surface area contributed by atoms with Crippen LogP contribution in [0.5, 0.6) is 0 Å². The molecule has 0 bridgehead atoms. The summed E-state index contributed by atoms with van der Waals surface area (Å²) >= 11 is 0. The van der Waals surface area contributed by atoms with E-state index in [9.17, 15) is 0 Å². The van der Waals surface area contributed by atoms with Crippen LogP contribution in [0.3, 0.4) is 0 Å². The molecule has 0 spiro atoms. The van der Waals surface area contributed by atoms with Crippen LogP contribution in [-0.2, 0) is 4.74 Å². The zero-order chi connectivity index (χ0) is 8.81. The van der Waals surface area contributed by atoms with Gasteiger partial charge >= 0.3 is 0 Å². The third-order valence-electron chi connectivity index (χ3n) is 2.46. The molecule has 0 aromatic rings. The Balaban J connectivity index is 1.98. The Morgan fingerprint density at radius 1 is 1.33 bits per heavy atom. The summed E-state index contributed by atoms with van der Waals surface area (Å²) in [6.07, 6.45) is 6.93. The van der Waals surface area contributed by atoms with Crippen LogP contribution in [-0.4, -0.2) is 19.3 Å². The number of hydrogen-bond acceptors (Lipinski definition) is 2. The minimum Gasteiger partial charge on any atom is -0.380 e. The second-order valence-corrected chi connectivity index (χ2v) is 4.02. The van der Waals surface area contributed by atoms with Gasteiger partial charge in [-0.2, -0.15) is 0 Å². The standard InChI is InChI=1S/C10H21NO/c1-9(11)7-12-8-10-5-3-2-4-6-10/h9-10H,2-8,11H2,1H3/t9-/m0/s1. The fraction of sp³-hybridized carbons (Fsp3) is 1.00. The second-order valence-electron chi connectivity index (χ2n) is 4.02.